The quantitative estimate of drug-likeness (QED) is 0.659. The molecule has 29 heavy (non-hydrogen) atoms. The fourth-order valence-electron chi connectivity index (χ4n) is 2.80. The third kappa shape index (κ3) is 5.23. The van der Waals surface area contributed by atoms with Crippen LogP contribution in [0.5, 0.6) is 11.9 Å². The molecule has 0 spiro atoms. The Hall–Kier alpha value is -3.14. The van der Waals surface area contributed by atoms with Crippen LogP contribution < -0.4 is 19.5 Å². The highest BCUT2D eigenvalue weighted by molar-refractivity contribution is 7.92. The fourth-order valence-corrected chi connectivity index (χ4v) is 3.80. The largest absolute Gasteiger partial charge is 0.481 e. The molecule has 0 aliphatic heterocycles. The van der Waals surface area contributed by atoms with E-state index < -0.39 is 10.0 Å². The lowest BCUT2D eigenvalue weighted by molar-refractivity contribution is -0.116. The lowest BCUT2D eigenvalue weighted by Gasteiger charge is -2.13. The minimum absolute atomic E-state index is 0.0214. The number of carbonyl (C=O) groups excluding carboxylic acids is 1. The Morgan fingerprint density at radius 1 is 1.03 bits per heavy atom. The summed E-state index contributed by atoms with van der Waals surface area (Å²) in [6, 6.07) is 7.50. The highest BCUT2D eigenvalue weighted by atomic mass is 32.2. The van der Waals surface area contributed by atoms with Gasteiger partial charge >= 0.3 is 6.01 Å². The number of allylic oxidation sites excluding steroid dienone is 1. The van der Waals surface area contributed by atoms with Crippen molar-refractivity contribution in [3.8, 4) is 11.9 Å². The maximum atomic E-state index is 12.6. The Bertz CT molecular complexity index is 997. The molecule has 0 atom stereocenters. The van der Waals surface area contributed by atoms with E-state index >= 15 is 0 Å². The van der Waals surface area contributed by atoms with E-state index in [0.717, 1.165) is 24.8 Å². The minimum atomic E-state index is -3.87. The summed E-state index contributed by atoms with van der Waals surface area (Å²) in [5.41, 5.74) is 1.45. The van der Waals surface area contributed by atoms with Crippen molar-refractivity contribution in [1.29, 1.82) is 0 Å². The van der Waals surface area contributed by atoms with Crippen LogP contribution in [0.4, 0.5) is 11.5 Å². The zero-order valence-corrected chi connectivity index (χ0v) is 17.0. The van der Waals surface area contributed by atoms with E-state index in [1.807, 2.05) is 0 Å². The van der Waals surface area contributed by atoms with Gasteiger partial charge in [-0.05, 0) is 43.5 Å². The van der Waals surface area contributed by atoms with Crippen molar-refractivity contribution in [2.45, 2.75) is 30.6 Å². The van der Waals surface area contributed by atoms with Gasteiger partial charge in [0.15, 0.2) is 11.6 Å². The zero-order chi connectivity index (χ0) is 20.9. The molecular weight excluding hydrogens is 396 g/mol. The van der Waals surface area contributed by atoms with Gasteiger partial charge in [0.25, 0.3) is 10.0 Å². The van der Waals surface area contributed by atoms with Gasteiger partial charge in [0.2, 0.25) is 5.88 Å². The highest BCUT2D eigenvalue weighted by Crippen LogP contribution is 2.23. The number of carbonyl (C=O) groups is 1. The predicted molar refractivity (Wildman–Crippen MR) is 108 cm³/mol. The van der Waals surface area contributed by atoms with Gasteiger partial charge < -0.3 is 14.8 Å². The molecule has 0 unspecified atom stereocenters. The van der Waals surface area contributed by atoms with Gasteiger partial charge in [-0.3, -0.25) is 9.52 Å². The van der Waals surface area contributed by atoms with Crippen LogP contribution >= 0.6 is 0 Å². The first-order valence-corrected chi connectivity index (χ1v) is 10.5. The van der Waals surface area contributed by atoms with Crippen LogP contribution in [0.25, 0.3) is 0 Å². The molecule has 0 saturated heterocycles. The standard InChI is InChI=1S/C19H22N4O5S/c1-27-18-11-17(21-19(22-18)28-2)23-29(25,26)15-9-7-14(8-10-15)20-12-13-5-3-4-6-16(13)24/h7-12,20H,3-6H2,1-2H3,(H,21,22,23)/b13-12+. The number of nitrogens with zero attached hydrogens (tertiary/aromatic N) is 2. The summed E-state index contributed by atoms with van der Waals surface area (Å²) in [4.78, 5) is 19.8. The van der Waals surface area contributed by atoms with Gasteiger partial charge in [0.05, 0.1) is 19.1 Å². The van der Waals surface area contributed by atoms with Crippen LogP contribution in [0.15, 0.2) is 47.0 Å². The van der Waals surface area contributed by atoms with Crippen molar-refractivity contribution in [1.82, 2.24) is 9.97 Å². The van der Waals surface area contributed by atoms with Crippen LogP contribution in [-0.2, 0) is 14.8 Å². The van der Waals surface area contributed by atoms with Crippen LogP contribution in [0.1, 0.15) is 25.7 Å². The maximum Gasteiger partial charge on any atom is 0.321 e. The number of hydrogen-bond donors (Lipinski definition) is 2. The van der Waals surface area contributed by atoms with E-state index in [-0.39, 0.29) is 28.4 Å². The summed E-state index contributed by atoms with van der Waals surface area (Å²) >= 11 is 0. The molecule has 0 amide bonds. The Morgan fingerprint density at radius 2 is 1.76 bits per heavy atom. The van der Waals surface area contributed by atoms with E-state index in [1.165, 1.54) is 32.4 Å². The van der Waals surface area contributed by atoms with E-state index in [2.05, 4.69) is 20.0 Å². The second-order valence-electron chi connectivity index (χ2n) is 6.36. The van der Waals surface area contributed by atoms with E-state index in [9.17, 15) is 13.2 Å². The topological polar surface area (TPSA) is 120 Å². The molecule has 1 saturated carbocycles. The zero-order valence-electron chi connectivity index (χ0n) is 16.1. The number of benzene rings is 1. The van der Waals surface area contributed by atoms with Gasteiger partial charge in [-0.2, -0.15) is 9.97 Å². The Balaban J connectivity index is 1.73. The minimum Gasteiger partial charge on any atom is -0.481 e. The number of hydrogen-bond acceptors (Lipinski definition) is 8. The van der Waals surface area contributed by atoms with Gasteiger partial charge in [0.1, 0.15) is 0 Å². The summed E-state index contributed by atoms with van der Waals surface area (Å²) in [5.74, 6) is 0.346. The first-order chi connectivity index (χ1) is 13.9. The van der Waals surface area contributed by atoms with Crippen LogP contribution in [-0.4, -0.2) is 38.4 Å². The number of aromatic nitrogens is 2. The second kappa shape index (κ2) is 8.91. The molecule has 1 aliphatic rings. The van der Waals surface area contributed by atoms with E-state index in [0.29, 0.717) is 12.1 Å². The summed E-state index contributed by atoms with van der Waals surface area (Å²) in [6.07, 6.45) is 4.96. The molecule has 2 aromatic rings. The summed E-state index contributed by atoms with van der Waals surface area (Å²) in [6.45, 7) is 0. The van der Waals surface area contributed by atoms with Gasteiger partial charge in [-0.15, -0.1) is 0 Å². The lowest BCUT2D eigenvalue weighted by Crippen LogP contribution is -2.14. The average Bonchev–Trinajstić information content (AvgIpc) is 2.72. The van der Waals surface area contributed by atoms with Crippen molar-refractivity contribution < 1.29 is 22.7 Å². The number of ether oxygens (including phenoxy) is 2. The first kappa shape index (κ1) is 20.6. The highest BCUT2D eigenvalue weighted by Gasteiger charge is 2.17. The number of nitrogens with one attached hydrogen (secondary N) is 2. The number of Topliss-reactive ketones (excluding diaryl/α,β-unsaturated/α-hetero) is 1. The number of ketones is 1. The molecule has 1 aromatic heterocycles. The summed E-state index contributed by atoms with van der Waals surface area (Å²) in [7, 11) is -1.10. The third-order valence-electron chi connectivity index (χ3n) is 4.35. The van der Waals surface area contributed by atoms with Crippen molar-refractivity contribution in [2.75, 3.05) is 24.3 Å². The second-order valence-corrected chi connectivity index (χ2v) is 8.04. The molecule has 1 heterocycles. The number of anilines is 2. The molecular formula is C19H22N4O5S. The Morgan fingerprint density at radius 3 is 2.41 bits per heavy atom. The van der Waals surface area contributed by atoms with E-state index in [1.54, 1.807) is 18.3 Å². The smallest absolute Gasteiger partial charge is 0.321 e. The summed E-state index contributed by atoms with van der Waals surface area (Å²) in [5, 5.41) is 3.05. The van der Waals surface area contributed by atoms with Crippen LogP contribution in [0.3, 0.4) is 0 Å². The Kier molecular flexibility index (Phi) is 6.32. The first-order valence-electron chi connectivity index (χ1n) is 9.00. The average molecular weight is 418 g/mol. The van der Waals surface area contributed by atoms with Crippen molar-refractivity contribution in [2.24, 2.45) is 0 Å². The van der Waals surface area contributed by atoms with Crippen LogP contribution in [0, 0.1) is 0 Å². The third-order valence-corrected chi connectivity index (χ3v) is 5.72. The van der Waals surface area contributed by atoms with Gasteiger partial charge in [-0.1, -0.05) is 0 Å². The molecule has 0 radical (unpaired) electrons. The molecule has 9 nitrogen and oxygen atoms in total. The van der Waals surface area contributed by atoms with Gasteiger partial charge in [-0.25, -0.2) is 8.42 Å². The van der Waals surface area contributed by atoms with Crippen LogP contribution in [0.2, 0.25) is 0 Å². The SMILES string of the molecule is COc1cc(NS(=O)(=O)c2ccc(N/C=C3\CCCCC3=O)cc2)nc(OC)n1. The Labute approximate surface area is 169 Å². The molecule has 154 valence electrons. The summed E-state index contributed by atoms with van der Waals surface area (Å²) < 4.78 is 37.6. The number of methoxy groups -OCH3 is 2. The predicted octanol–water partition coefficient (Wildman–Crippen LogP) is 2.73. The number of rotatable bonds is 7. The van der Waals surface area contributed by atoms with Crippen molar-refractivity contribution >= 4 is 27.3 Å². The monoisotopic (exact) mass is 418 g/mol. The molecule has 1 aliphatic carbocycles. The molecule has 2 N–H and O–H groups in total. The van der Waals surface area contributed by atoms with E-state index in [4.69, 9.17) is 9.47 Å². The normalized spacial score (nSPS) is 15.8. The van der Waals surface area contributed by atoms with Crippen molar-refractivity contribution in [3.63, 3.8) is 0 Å². The molecule has 1 fully saturated rings. The molecule has 10 heteroatoms. The fraction of sp³-hybridized carbons (Fsp3) is 0.316. The molecule has 3 rings (SSSR count). The van der Waals surface area contributed by atoms with Crippen molar-refractivity contribution in [3.05, 3.63) is 42.1 Å². The lowest BCUT2D eigenvalue weighted by atomic mass is 9.94. The molecule has 1 aromatic carbocycles. The maximum absolute atomic E-state index is 12.6. The molecule has 0 bridgehead atoms. The van der Waals surface area contributed by atoms with Gasteiger partial charge in [0, 0.05) is 29.9 Å². The number of sulfonamides is 1.